The van der Waals surface area contributed by atoms with Crippen molar-refractivity contribution >= 4 is 26.8 Å². The summed E-state index contributed by atoms with van der Waals surface area (Å²) in [6.07, 6.45) is 2.29. The van der Waals surface area contributed by atoms with Gasteiger partial charge in [-0.25, -0.2) is 13.4 Å². The van der Waals surface area contributed by atoms with E-state index < -0.39 is 9.84 Å². The number of carbonyl (C=O) groups is 1. The molecule has 1 aromatic heterocycles. The molecule has 0 aliphatic carbocycles. The van der Waals surface area contributed by atoms with Gasteiger partial charge in [0.2, 0.25) is 5.91 Å². The molecule has 2 atom stereocenters. The topological polar surface area (TPSA) is 81.1 Å². The fourth-order valence-electron chi connectivity index (χ4n) is 2.84. The summed E-state index contributed by atoms with van der Waals surface area (Å²) in [5.74, 6) is 0.318. The molecule has 22 heavy (non-hydrogen) atoms. The van der Waals surface area contributed by atoms with E-state index in [1.54, 1.807) is 6.33 Å². The zero-order valence-corrected chi connectivity index (χ0v) is 13.2. The molecule has 1 aromatic carbocycles. The van der Waals surface area contributed by atoms with E-state index in [9.17, 15) is 13.2 Å². The fourth-order valence-corrected chi connectivity index (χ4v) is 4.70. The van der Waals surface area contributed by atoms with Crippen molar-refractivity contribution < 1.29 is 13.2 Å². The van der Waals surface area contributed by atoms with Gasteiger partial charge < -0.3 is 9.88 Å². The Labute approximate surface area is 129 Å². The van der Waals surface area contributed by atoms with E-state index in [-0.39, 0.29) is 29.4 Å². The minimum absolute atomic E-state index is 0.0284. The van der Waals surface area contributed by atoms with Crippen molar-refractivity contribution in [1.82, 2.24) is 14.9 Å². The van der Waals surface area contributed by atoms with Gasteiger partial charge >= 0.3 is 0 Å². The summed E-state index contributed by atoms with van der Waals surface area (Å²) in [4.78, 5) is 16.6. The SMILES string of the molecule is C[C@@H](C(=O)NC[C@@H]1CCS(=O)(=O)C1)n1cnc2ccccc21. The van der Waals surface area contributed by atoms with Crippen LogP contribution in [0.15, 0.2) is 30.6 Å². The normalized spacial score (nSPS) is 21.8. The number of aromatic nitrogens is 2. The highest BCUT2D eigenvalue weighted by molar-refractivity contribution is 7.91. The number of fused-ring (bicyclic) bond motifs is 1. The number of hydrogen-bond donors (Lipinski definition) is 1. The van der Waals surface area contributed by atoms with Crippen LogP contribution in [0.5, 0.6) is 0 Å². The summed E-state index contributed by atoms with van der Waals surface area (Å²) in [5, 5.41) is 2.86. The number of carbonyl (C=O) groups excluding carboxylic acids is 1. The molecule has 6 nitrogen and oxygen atoms in total. The molecule has 0 radical (unpaired) electrons. The van der Waals surface area contributed by atoms with Gasteiger partial charge in [0, 0.05) is 6.54 Å². The third-order valence-corrected chi connectivity index (χ3v) is 6.01. The van der Waals surface area contributed by atoms with Crippen LogP contribution in [0, 0.1) is 5.92 Å². The molecule has 0 spiro atoms. The lowest BCUT2D eigenvalue weighted by molar-refractivity contribution is -0.123. The molecule has 2 aromatic rings. The standard InChI is InChI=1S/C15H19N3O3S/c1-11(18-10-17-13-4-2-3-5-14(13)18)15(19)16-8-12-6-7-22(20,21)9-12/h2-5,10-12H,6-9H2,1H3,(H,16,19)/t11-,12-/m0/s1. The van der Waals surface area contributed by atoms with Crippen molar-refractivity contribution in [1.29, 1.82) is 0 Å². The van der Waals surface area contributed by atoms with E-state index in [2.05, 4.69) is 10.3 Å². The number of imidazole rings is 1. The Bertz CT molecular complexity index is 797. The Hall–Kier alpha value is -1.89. The van der Waals surface area contributed by atoms with E-state index in [0.29, 0.717) is 13.0 Å². The number of para-hydroxylation sites is 2. The zero-order chi connectivity index (χ0) is 15.7. The Morgan fingerprint density at radius 3 is 2.95 bits per heavy atom. The lowest BCUT2D eigenvalue weighted by Gasteiger charge is -2.16. The first-order chi connectivity index (χ1) is 10.5. The Balaban J connectivity index is 1.65. The average Bonchev–Trinajstić information content (AvgIpc) is 3.07. The molecular formula is C15H19N3O3S. The largest absolute Gasteiger partial charge is 0.354 e. The molecule has 1 saturated heterocycles. The first kappa shape index (κ1) is 15.0. The molecule has 0 saturated carbocycles. The van der Waals surface area contributed by atoms with E-state index >= 15 is 0 Å². The monoisotopic (exact) mass is 321 g/mol. The van der Waals surface area contributed by atoms with Crippen LogP contribution in [0.25, 0.3) is 11.0 Å². The number of benzene rings is 1. The molecule has 1 aliphatic heterocycles. The van der Waals surface area contributed by atoms with Gasteiger partial charge in [-0.15, -0.1) is 0 Å². The zero-order valence-electron chi connectivity index (χ0n) is 12.4. The van der Waals surface area contributed by atoms with Crippen molar-refractivity contribution in [2.75, 3.05) is 18.1 Å². The van der Waals surface area contributed by atoms with Gasteiger partial charge in [0.15, 0.2) is 9.84 Å². The van der Waals surface area contributed by atoms with Crippen molar-refractivity contribution in [3.8, 4) is 0 Å². The molecular weight excluding hydrogens is 302 g/mol. The maximum absolute atomic E-state index is 12.3. The van der Waals surface area contributed by atoms with Crippen molar-refractivity contribution in [3.63, 3.8) is 0 Å². The maximum atomic E-state index is 12.3. The Morgan fingerprint density at radius 2 is 2.23 bits per heavy atom. The number of amides is 1. The minimum Gasteiger partial charge on any atom is -0.354 e. The van der Waals surface area contributed by atoms with Crippen LogP contribution >= 0.6 is 0 Å². The summed E-state index contributed by atoms with van der Waals surface area (Å²) in [7, 11) is -2.90. The molecule has 0 bridgehead atoms. The number of sulfone groups is 1. The van der Waals surface area contributed by atoms with Crippen molar-refractivity contribution in [2.45, 2.75) is 19.4 Å². The smallest absolute Gasteiger partial charge is 0.242 e. The van der Waals surface area contributed by atoms with Crippen molar-refractivity contribution in [2.24, 2.45) is 5.92 Å². The van der Waals surface area contributed by atoms with Gasteiger partial charge in [-0.3, -0.25) is 4.79 Å². The van der Waals surface area contributed by atoms with Gasteiger partial charge in [-0.05, 0) is 31.4 Å². The average molecular weight is 321 g/mol. The number of nitrogens with one attached hydrogen (secondary N) is 1. The molecule has 7 heteroatoms. The molecule has 3 rings (SSSR count). The van der Waals surface area contributed by atoms with Crippen LogP contribution in [-0.2, 0) is 14.6 Å². The minimum atomic E-state index is -2.90. The molecule has 2 heterocycles. The summed E-state index contributed by atoms with van der Waals surface area (Å²) < 4.78 is 24.7. The Morgan fingerprint density at radius 1 is 1.45 bits per heavy atom. The number of nitrogens with zero attached hydrogens (tertiary/aromatic N) is 2. The maximum Gasteiger partial charge on any atom is 0.242 e. The molecule has 1 aliphatic rings. The lowest BCUT2D eigenvalue weighted by Crippen LogP contribution is -2.34. The lowest BCUT2D eigenvalue weighted by atomic mass is 10.1. The highest BCUT2D eigenvalue weighted by atomic mass is 32.2. The first-order valence-electron chi connectivity index (χ1n) is 7.36. The predicted molar refractivity (Wildman–Crippen MR) is 84.2 cm³/mol. The third-order valence-electron chi connectivity index (χ3n) is 4.17. The fraction of sp³-hybridized carbons (Fsp3) is 0.467. The second-order valence-corrected chi connectivity index (χ2v) is 8.06. The summed E-state index contributed by atoms with van der Waals surface area (Å²) in [5.41, 5.74) is 1.76. The van der Waals surface area contributed by atoms with E-state index in [1.165, 1.54) is 0 Å². The van der Waals surface area contributed by atoms with E-state index in [0.717, 1.165) is 11.0 Å². The van der Waals surface area contributed by atoms with E-state index in [4.69, 9.17) is 0 Å². The van der Waals surface area contributed by atoms with Gasteiger partial charge in [-0.2, -0.15) is 0 Å². The quantitative estimate of drug-likeness (QED) is 0.916. The van der Waals surface area contributed by atoms with E-state index in [1.807, 2.05) is 35.8 Å². The summed E-state index contributed by atoms with van der Waals surface area (Å²) in [6, 6.07) is 7.26. The molecule has 1 amide bonds. The molecule has 0 unspecified atom stereocenters. The second-order valence-electron chi connectivity index (χ2n) is 5.83. The molecule has 118 valence electrons. The summed E-state index contributed by atoms with van der Waals surface area (Å²) in [6.45, 7) is 2.23. The van der Waals surface area contributed by atoms with Gasteiger partial charge in [0.25, 0.3) is 0 Å². The van der Waals surface area contributed by atoms with Gasteiger partial charge in [-0.1, -0.05) is 12.1 Å². The van der Waals surface area contributed by atoms with Crippen molar-refractivity contribution in [3.05, 3.63) is 30.6 Å². The Kier molecular flexibility index (Phi) is 3.90. The second kappa shape index (κ2) is 5.72. The van der Waals surface area contributed by atoms with Crippen LogP contribution in [-0.4, -0.2) is 41.9 Å². The van der Waals surface area contributed by atoms with Gasteiger partial charge in [0.05, 0.1) is 28.9 Å². The van der Waals surface area contributed by atoms with Crippen LogP contribution < -0.4 is 5.32 Å². The summed E-state index contributed by atoms with van der Waals surface area (Å²) >= 11 is 0. The number of hydrogen-bond acceptors (Lipinski definition) is 4. The molecule has 1 N–H and O–H groups in total. The molecule has 1 fully saturated rings. The predicted octanol–water partition coefficient (Wildman–Crippen LogP) is 1.15. The first-order valence-corrected chi connectivity index (χ1v) is 9.18. The highest BCUT2D eigenvalue weighted by Gasteiger charge is 2.28. The van der Waals surface area contributed by atoms with Gasteiger partial charge in [0.1, 0.15) is 6.04 Å². The third kappa shape index (κ3) is 2.99. The van der Waals surface area contributed by atoms with Crippen LogP contribution in [0.1, 0.15) is 19.4 Å². The number of rotatable bonds is 4. The highest BCUT2D eigenvalue weighted by Crippen LogP contribution is 2.19. The van der Waals surface area contributed by atoms with Crippen LogP contribution in [0.3, 0.4) is 0 Å². The van der Waals surface area contributed by atoms with Crippen LogP contribution in [0.4, 0.5) is 0 Å². The van der Waals surface area contributed by atoms with Crippen LogP contribution in [0.2, 0.25) is 0 Å².